The predicted molar refractivity (Wildman–Crippen MR) is 129 cm³/mol. The average molecular weight is 413 g/mol. The fourth-order valence-corrected chi connectivity index (χ4v) is 6.27. The van der Waals surface area contributed by atoms with Crippen molar-refractivity contribution in [2.75, 3.05) is 0 Å². The minimum Gasteiger partial charge on any atom is -0.241 e. The lowest BCUT2D eigenvalue weighted by molar-refractivity contribution is 0.121. The highest BCUT2D eigenvalue weighted by Gasteiger charge is 2.33. The van der Waals surface area contributed by atoms with E-state index in [1.807, 2.05) is 0 Å². The normalized spacial score (nSPS) is 24.1. The van der Waals surface area contributed by atoms with E-state index < -0.39 is 0 Å². The number of hydrogen-bond donors (Lipinski definition) is 0. The molecule has 0 aliphatic heterocycles. The van der Waals surface area contributed by atoms with Crippen LogP contribution in [-0.2, 0) is 12.8 Å². The monoisotopic (exact) mass is 412 g/mol. The Morgan fingerprint density at radius 1 is 0.767 bits per heavy atom. The molecule has 0 N–H and O–H groups in total. The average Bonchev–Trinajstić information content (AvgIpc) is 2.80. The third kappa shape index (κ3) is 7.65. The summed E-state index contributed by atoms with van der Waals surface area (Å²) in [5.41, 5.74) is 1.33. The molecule has 3 rings (SSSR count). The molecule has 1 aromatic heterocycles. The quantitative estimate of drug-likeness (QED) is 0.322. The van der Waals surface area contributed by atoms with Gasteiger partial charge in [-0.15, -0.1) is 0 Å². The molecule has 0 amide bonds. The van der Waals surface area contributed by atoms with Crippen molar-refractivity contribution in [1.29, 1.82) is 0 Å². The van der Waals surface area contributed by atoms with Crippen molar-refractivity contribution in [3.8, 4) is 0 Å². The first-order valence-corrected chi connectivity index (χ1v) is 13.6. The molecule has 0 spiro atoms. The van der Waals surface area contributed by atoms with Crippen LogP contribution in [0.3, 0.4) is 0 Å². The van der Waals surface area contributed by atoms with Crippen molar-refractivity contribution in [1.82, 2.24) is 9.97 Å². The fourth-order valence-electron chi connectivity index (χ4n) is 6.27. The van der Waals surface area contributed by atoms with E-state index in [2.05, 4.69) is 26.2 Å². The molecule has 1 unspecified atom stereocenters. The molecule has 2 aliphatic rings. The summed E-state index contributed by atoms with van der Waals surface area (Å²) in [7, 11) is 0. The van der Waals surface area contributed by atoms with Crippen LogP contribution in [0.2, 0.25) is 0 Å². The van der Waals surface area contributed by atoms with E-state index in [1.54, 1.807) is 0 Å². The van der Waals surface area contributed by atoms with Crippen LogP contribution < -0.4 is 0 Å². The van der Waals surface area contributed by atoms with Crippen LogP contribution in [0.4, 0.5) is 0 Å². The molecule has 2 heteroatoms. The van der Waals surface area contributed by atoms with Gasteiger partial charge in [-0.05, 0) is 54.9 Å². The minimum absolute atomic E-state index is 0.827. The van der Waals surface area contributed by atoms with E-state index in [9.17, 15) is 0 Å². The summed E-state index contributed by atoms with van der Waals surface area (Å²) in [6.45, 7) is 4.59. The Balaban J connectivity index is 1.56. The maximum absolute atomic E-state index is 4.84. The largest absolute Gasteiger partial charge is 0.241 e. The zero-order valence-electron chi connectivity index (χ0n) is 20.1. The Kier molecular flexibility index (Phi) is 10.7. The first-order valence-electron chi connectivity index (χ1n) is 13.6. The smallest absolute Gasteiger partial charge is 0.128 e. The van der Waals surface area contributed by atoms with Crippen molar-refractivity contribution in [3.63, 3.8) is 0 Å². The molecule has 0 bridgehead atoms. The van der Waals surface area contributed by atoms with Gasteiger partial charge in [-0.2, -0.15) is 0 Å². The lowest BCUT2D eigenvalue weighted by atomic mass is 9.66. The molecule has 0 saturated heterocycles. The maximum Gasteiger partial charge on any atom is 0.128 e. The topological polar surface area (TPSA) is 25.8 Å². The van der Waals surface area contributed by atoms with Crippen molar-refractivity contribution in [2.24, 2.45) is 23.7 Å². The molecule has 0 radical (unpaired) electrons. The van der Waals surface area contributed by atoms with E-state index >= 15 is 0 Å². The molecule has 2 saturated carbocycles. The number of unbranched alkanes of at least 4 members (excludes halogenated alkanes) is 4. The van der Waals surface area contributed by atoms with E-state index in [4.69, 9.17) is 9.97 Å². The summed E-state index contributed by atoms with van der Waals surface area (Å²) in [6.07, 6.45) is 29.3. The molecular formula is C28H48N2. The molecule has 1 atom stereocenters. The Hall–Kier alpha value is -0.920. The van der Waals surface area contributed by atoms with E-state index in [0.29, 0.717) is 0 Å². The lowest BCUT2D eigenvalue weighted by Crippen LogP contribution is -2.31. The summed E-state index contributed by atoms with van der Waals surface area (Å²) in [6, 6.07) is 0. The third-order valence-electron chi connectivity index (χ3n) is 8.21. The summed E-state index contributed by atoms with van der Waals surface area (Å²) in [5.74, 6) is 4.80. The van der Waals surface area contributed by atoms with Gasteiger partial charge in [0.1, 0.15) is 5.82 Å². The predicted octanol–water partition coefficient (Wildman–Crippen LogP) is 8.34. The maximum atomic E-state index is 4.84. The van der Waals surface area contributed by atoms with Gasteiger partial charge in [-0.25, -0.2) is 9.97 Å². The first kappa shape index (κ1) is 23.7. The third-order valence-corrected chi connectivity index (χ3v) is 8.21. The van der Waals surface area contributed by atoms with Crippen molar-refractivity contribution in [2.45, 2.75) is 129 Å². The van der Waals surface area contributed by atoms with Gasteiger partial charge in [0.25, 0.3) is 0 Å². The molecule has 0 aromatic carbocycles. The van der Waals surface area contributed by atoms with Gasteiger partial charge >= 0.3 is 0 Å². The second-order valence-corrected chi connectivity index (χ2v) is 10.5. The Morgan fingerprint density at radius 3 is 2.07 bits per heavy atom. The summed E-state index contributed by atoms with van der Waals surface area (Å²) in [4.78, 5) is 9.68. The minimum atomic E-state index is 0.827. The molecule has 2 aliphatic carbocycles. The second-order valence-electron chi connectivity index (χ2n) is 10.5. The van der Waals surface area contributed by atoms with Crippen LogP contribution in [0.15, 0.2) is 12.4 Å². The molecule has 1 heterocycles. The Labute approximate surface area is 187 Å². The zero-order chi connectivity index (χ0) is 21.0. The van der Waals surface area contributed by atoms with Crippen molar-refractivity contribution in [3.05, 3.63) is 23.8 Å². The zero-order valence-corrected chi connectivity index (χ0v) is 20.1. The van der Waals surface area contributed by atoms with Crippen LogP contribution in [-0.4, -0.2) is 9.97 Å². The number of aromatic nitrogens is 2. The van der Waals surface area contributed by atoms with Gasteiger partial charge in [0.15, 0.2) is 0 Å². The van der Waals surface area contributed by atoms with E-state index in [-0.39, 0.29) is 0 Å². The van der Waals surface area contributed by atoms with Crippen LogP contribution in [0.25, 0.3) is 0 Å². The molecule has 170 valence electrons. The molecule has 2 nitrogen and oxygen atoms in total. The Morgan fingerprint density at radius 2 is 1.40 bits per heavy atom. The van der Waals surface area contributed by atoms with E-state index in [1.165, 1.54) is 108 Å². The molecular weight excluding hydrogens is 364 g/mol. The Bertz CT molecular complexity index is 553. The SMILES string of the molecule is CCCCCc1cnc(CC(C2CCCCC2)C2CCC(CCCCC)CC2)nc1. The fraction of sp³-hybridized carbons (Fsp3) is 0.857. The summed E-state index contributed by atoms with van der Waals surface area (Å²) >= 11 is 0. The van der Waals surface area contributed by atoms with Gasteiger partial charge < -0.3 is 0 Å². The van der Waals surface area contributed by atoms with Crippen LogP contribution in [0, 0.1) is 23.7 Å². The number of aryl methyl sites for hydroxylation is 1. The molecule has 1 aromatic rings. The van der Waals surface area contributed by atoms with Crippen molar-refractivity contribution >= 4 is 0 Å². The first-order chi connectivity index (χ1) is 14.8. The number of nitrogens with zero attached hydrogens (tertiary/aromatic N) is 2. The van der Waals surface area contributed by atoms with Crippen LogP contribution in [0.5, 0.6) is 0 Å². The molecule has 30 heavy (non-hydrogen) atoms. The molecule has 2 fully saturated rings. The summed E-state index contributed by atoms with van der Waals surface area (Å²) in [5, 5.41) is 0. The number of rotatable bonds is 12. The van der Waals surface area contributed by atoms with Gasteiger partial charge in [0.05, 0.1) is 0 Å². The van der Waals surface area contributed by atoms with Gasteiger partial charge in [0.2, 0.25) is 0 Å². The van der Waals surface area contributed by atoms with Crippen molar-refractivity contribution < 1.29 is 0 Å². The van der Waals surface area contributed by atoms with E-state index in [0.717, 1.165) is 42.3 Å². The van der Waals surface area contributed by atoms with Gasteiger partial charge in [-0.1, -0.05) is 97.3 Å². The highest BCUT2D eigenvalue weighted by molar-refractivity contribution is 5.06. The highest BCUT2D eigenvalue weighted by Crippen LogP contribution is 2.43. The van der Waals surface area contributed by atoms with Gasteiger partial charge in [-0.3, -0.25) is 0 Å². The number of hydrogen-bond acceptors (Lipinski definition) is 2. The van der Waals surface area contributed by atoms with Crippen LogP contribution >= 0.6 is 0 Å². The van der Waals surface area contributed by atoms with Gasteiger partial charge in [0, 0.05) is 18.8 Å². The highest BCUT2D eigenvalue weighted by atomic mass is 14.9. The lowest BCUT2D eigenvalue weighted by Gasteiger charge is -2.39. The summed E-state index contributed by atoms with van der Waals surface area (Å²) < 4.78 is 0. The standard InChI is InChI=1S/C28H48N2/c1-3-5-8-12-23-16-18-26(19-17-23)27(25-14-10-7-11-15-25)20-28-29-21-24(22-30-28)13-9-6-4-2/h21-23,25-27H,3-20H2,1-2H3. The van der Waals surface area contributed by atoms with Crippen LogP contribution in [0.1, 0.15) is 128 Å². The second kappa shape index (κ2) is 13.5.